The van der Waals surface area contributed by atoms with Crippen molar-refractivity contribution in [1.82, 2.24) is 19.5 Å². The highest BCUT2D eigenvalue weighted by atomic mass is 79.9. The summed E-state index contributed by atoms with van der Waals surface area (Å²) in [5.41, 5.74) is 5.97. The molecule has 0 amide bonds. The maximum absolute atomic E-state index is 12.5. The monoisotopic (exact) mass is 437 g/mol. The molecule has 1 atom stereocenters. The standard InChI is InChI=1S/C11H13Br2N5O2S/c1-6(11-16-15-5-18(11)2)17-21(19,20)10-8(13)3-7(12)4-9(10)14/h3-6,17H,14H2,1-2H3. The van der Waals surface area contributed by atoms with Gasteiger partial charge in [0.25, 0.3) is 0 Å². The first kappa shape index (κ1) is 16.4. The van der Waals surface area contributed by atoms with Gasteiger partial charge in [-0.05, 0) is 35.0 Å². The third-order valence-corrected chi connectivity index (χ3v) is 5.77. The Labute approximate surface area is 139 Å². The Kier molecular flexibility index (Phi) is 4.71. The summed E-state index contributed by atoms with van der Waals surface area (Å²) in [5.74, 6) is 0.505. The smallest absolute Gasteiger partial charge is 0.244 e. The molecular weight excluding hydrogens is 426 g/mol. The fourth-order valence-corrected chi connectivity index (χ4v) is 5.16. The van der Waals surface area contributed by atoms with E-state index in [4.69, 9.17) is 5.73 Å². The number of anilines is 1. The lowest BCUT2D eigenvalue weighted by molar-refractivity contribution is 0.553. The fourth-order valence-electron chi connectivity index (χ4n) is 1.89. The third kappa shape index (κ3) is 3.44. The van der Waals surface area contributed by atoms with Gasteiger partial charge in [-0.15, -0.1) is 10.2 Å². The van der Waals surface area contributed by atoms with E-state index in [1.807, 2.05) is 0 Å². The first-order valence-corrected chi connectivity index (χ1v) is 8.90. The molecule has 7 nitrogen and oxygen atoms in total. The van der Waals surface area contributed by atoms with Crippen LogP contribution in [0.4, 0.5) is 5.69 Å². The van der Waals surface area contributed by atoms with Gasteiger partial charge < -0.3 is 10.3 Å². The van der Waals surface area contributed by atoms with Crippen LogP contribution in [0.3, 0.4) is 0 Å². The van der Waals surface area contributed by atoms with Crippen LogP contribution >= 0.6 is 31.9 Å². The lowest BCUT2D eigenvalue weighted by Gasteiger charge is -2.16. The second kappa shape index (κ2) is 6.03. The van der Waals surface area contributed by atoms with Gasteiger partial charge in [0.15, 0.2) is 0 Å². The van der Waals surface area contributed by atoms with Crippen LogP contribution < -0.4 is 10.5 Å². The minimum atomic E-state index is -3.80. The highest BCUT2D eigenvalue weighted by Gasteiger charge is 2.25. The molecule has 0 bridgehead atoms. The summed E-state index contributed by atoms with van der Waals surface area (Å²) in [5, 5.41) is 7.62. The minimum Gasteiger partial charge on any atom is -0.398 e. The number of sulfonamides is 1. The van der Waals surface area contributed by atoms with E-state index in [0.717, 1.165) is 0 Å². The molecule has 1 heterocycles. The molecule has 0 aliphatic heterocycles. The molecule has 1 unspecified atom stereocenters. The number of hydrogen-bond donors (Lipinski definition) is 2. The lowest BCUT2D eigenvalue weighted by Crippen LogP contribution is -2.29. The normalized spacial score (nSPS) is 13.3. The second-order valence-corrected chi connectivity index (χ2v) is 7.87. The fraction of sp³-hybridized carbons (Fsp3) is 0.273. The molecule has 1 aromatic carbocycles. The van der Waals surface area contributed by atoms with Gasteiger partial charge in [-0.2, -0.15) is 0 Å². The molecule has 0 spiro atoms. The number of nitrogens with two attached hydrogens (primary N) is 1. The van der Waals surface area contributed by atoms with Crippen molar-refractivity contribution in [1.29, 1.82) is 0 Å². The van der Waals surface area contributed by atoms with Crippen molar-refractivity contribution in [2.75, 3.05) is 5.73 Å². The zero-order chi connectivity index (χ0) is 15.8. The van der Waals surface area contributed by atoms with Gasteiger partial charge in [0, 0.05) is 16.0 Å². The van der Waals surface area contributed by atoms with E-state index < -0.39 is 16.1 Å². The Morgan fingerprint density at radius 1 is 1.38 bits per heavy atom. The van der Waals surface area contributed by atoms with E-state index in [9.17, 15) is 8.42 Å². The van der Waals surface area contributed by atoms with Crippen molar-refractivity contribution < 1.29 is 8.42 Å². The minimum absolute atomic E-state index is 0.000261. The SMILES string of the molecule is CC(NS(=O)(=O)c1c(N)cc(Br)cc1Br)c1nncn1C. The molecule has 0 aliphatic carbocycles. The van der Waals surface area contributed by atoms with Crippen LogP contribution in [0.2, 0.25) is 0 Å². The van der Waals surface area contributed by atoms with E-state index in [2.05, 4.69) is 46.8 Å². The summed E-state index contributed by atoms with van der Waals surface area (Å²) < 4.78 is 30.3. The predicted octanol–water partition coefficient (Wildman–Crippen LogP) is 1.96. The van der Waals surface area contributed by atoms with E-state index >= 15 is 0 Å². The van der Waals surface area contributed by atoms with Gasteiger partial charge >= 0.3 is 0 Å². The Hall–Kier alpha value is -0.970. The van der Waals surface area contributed by atoms with Crippen molar-refractivity contribution in [3.8, 4) is 0 Å². The Morgan fingerprint density at radius 2 is 2.05 bits per heavy atom. The maximum atomic E-state index is 12.5. The van der Waals surface area contributed by atoms with E-state index in [1.165, 1.54) is 12.4 Å². The van der Waals surface area contributed by atoms with E-state index in [0.29, 0.717) is 14.8 Å². The van der Waals surface area contributed by atoms with Crippen molar-refractivity contribution in [2.45, 2.75) is 17.9 Å². The van der Waals surface area contributed by atoms with Crippen LogP contribution in [0, 0.1) is 0 Å². The molecule has 2 rings (SSSR count). The van der Waals surface area contributed by atoms with Crippen LogP contribution in [0.15, 0.2) is 32.3 Å². The summed E-state index contributed by atoms with van der Waals surface area (Å²) in [4.78, 5) is -0.000261. The first-order chi connectivity index (χ1) is 9.72. The van der Waals surface area contributed by atoms with Gasteiger partial charge in [-0.3, -0.25) is 0 Å². The number of aryl methyl sites for hydroxylation is 1. The summed E-state index contributed by atoms with van der Waals surface area (Å²) in [6.07, 6.45) is 1.50. The molecule has 3 N–H and O–H groups in total. The number of hydrogen-bond acceptors (Lipinski definition) is 5. The third-order valence-electron chi connectivity index (χ3n) is 2.77. The van der Waals surface area contributed by atoms with Crippen LogP contribution in [-0.4, -0.2) is 23.2 Å². The molecule has 0 radical (unpaired) electrons. The highest BCUT2D eigenvalue weighted by molar-refractivity contribution is 9.11. The summed E-state index contributed by atoms with van der Waals surface area (Å²) >= 11 is 6.48. The molecule has 21 heavy (non-hydrogen) atoms. The van der Waals surface area contributed by atoms with Gasteiger partial charge in [-0.1, -0.05) is 15.9 Å². The van der Waals surface area contributed by atoms with Crippen molar-refractivity contribution in [2.24, 2.45) is 7.05 Å². The predicted molar refractivity (Wildman–Crippen MR) is 86.0 cm³/mol. The van der Waals surface area contributed by atoms with Crippen molar-refractivity contribution >= 4 is 47.6 Å². The quantitative estimate of drug-likeness (QED) is 0.710. The average molecular weight is 439 g/mol. The number of halogens is 2. The van der Waals surface area contributed by atoms with Crippen LogP contribution in [0.25, 0.3) is 0 Å². The van der Waals surface area contributed by atoms with Gasteiger partial charge in [0.05, 0.1) is 11.7 Å². The zero-order valence-corrected chi connectivity index (χ0v) is 15.2. The number of benzene rings is 1. The number of nitrogens with one attached hydrogen (secondary N) is 1. The first-order valence-electron chi connectivity index (χ1n) is 5.83. The van der Waals surface area contributed by atoms with Crippen molar-refractivity contribution in [3.63, 3.8) is 0 Å². The van der Waals surface area contributed by atoms with E-state index in [-0.39, 0.29) is 10.6 Å². The van der Waals surface area contributed by atoms with Crippen molar-refractivity contribution in [3.05, 3.63) is 33.2 Å². The summed E-state index contributed by atoms with van der Waals surface area (Å²) in [7, 11) is -2.06. The Morgan fingerprint density at radius 3 is 2.57 bits per heavy atom. The molecule has 0 fully saturated rings. The molecular formula is C11H13Br2N5O2S. The summed E-state index contributed by atoms with van der Waals surface area (Å²) in [6, 6.07) is 2.61. The topological polar surface area (TPSA) is 103 Å². The molecule has 0 saturated carbocycles. The van der Waals surface area contributed by atoms with Gasteiger partial charge in [-0.25, -0.2) is 13.1 Å². The lowest BCUT2D eigenvalue weighted by atomic mass is 10.3. The molecule has 1 aromatic heterocycles. The average Bonchev–Trinajstić information content (AvgIpc) is 2.72. The van der Waals surface area contributed by atoms with Gasteiger partial charge in [0.2, 0.25) is 10.0 Å². The molecule has 2 aromatic rings. The Bertz CT molecular complexity index is 752. The molecule has 10 heteroatoms. The highest BCUT2D eigenvalue weighted by Crippen LogP contribution is 2.32. The molecule has 0 aliphatic rings. The number of nitrogens with zero attached hydrogens (tertiary/aromatic N) is 3. The maximum Gasteiger partial charge on any atom is 0.244 e. The number of nitrogen functional groups attached to an aromatic ring is 1. The van der Waals surface area contributed by atoms with Crippen LogP contribution in [0.1, 0.15) is 18.8 Å². The number of aromatic nitrogens is 3. The van der Waals surface area contributed by atoms with E-state index in [1.54, 1.807) is 24.6 Å². The summed E-state index contributed by atoms with van der Waals surface area (Å²) in [6.45, 7) is 1.69. The van der Waals surface area contributed by atoms with Crippen LogP contribution in [-0.2, 0) is 17.1 Å². The van der Waals surface area contributed by atoms with Crippen LogP contribution in [0.5, 0.6) is 0 Å². The van der Waals surface area contributed by atoms with Gasteiger partial charge in [0.1, 0.15) is 17.0 Å². The Balaban J connectivity index is 2.38. The largest absolute Gasteiger partial charge is 0.398 e. The molecule has 0 saturated heterocycles. The zero-order valence-electron chi connectivity index (χ0n) is 11.2. The molecule has 114 valence electrons. The second-order valence-electron chi connectivity index (χ2n) is 4.45. The number of rotatable bonds is 4.